The van der Waals surface area contributed by atoms with Crippen LogP contribution >= 0.6 is 11.6 Å². The quantitative estimate of drug-likeness (QED) is 0.512. The molecule has 6 nitrogen and oxygen atoms in total. The minimum atomic E-state index is -3.74. The minimum absolute atomic E-state index is 0.131. The molecule has 0 N–H and O–H groups in total. The van der Waals surface area contributed by atoms with Crippen LogP contribution in [0.1, 0.15) is 16.7 Å². The number of rotatable bonds is 7. The number of halogens is 2. The highest BCUT2D eigenvalue weighted by Crippen LogP contribution is 2.21. The maximum atomic E-state index is 13.7. The fourth-order valence-electron chi connectivity index (χ4n) is 2.89. The van der Waals surface area contributed by atoms with Crippen molar-refractivity contribution in [3.63, 3.8) is 0 Å². The fraction of sp³-hybridized carbons (Fsp3) is 0.238. The van der Waals surface area contributed by atoms with Crippen LogP contribution in [-0.4, -0.2) is 24.5 Å². The lowest BCUT2D eigenvalue weighted by atomic mass is 10.1. The Morgan fingerprint density at radius 2 is 1.87 bits per heavy atom. The predicted octanol–water partition coefficient (Wildman–Crippen LogP) is 3.73. The highest BCUT2D eigenvalue weighted by Gasteiger charge is 2.14. The summed E-state index contributed by atoms with van der Waals surface area (Å²) in [6.45, 7) is 1.43. The van der Waals surface area contributed by atoms with Crippen molar-refractivity contribution in [1.82, 2.24) is 9.78 Å². The molecule has 0 saturated heterocycles. The lowest BCUT2D eigenvalue weighted by molar-refractivity contribution is 0.308. The van der Waals surface area contributed by atoms with Gasteiger partial charge in [0.15, 0.2) is 0 Å². The summed E-state index contributed by atoms with van der Waals surface area (Å²) in [7, 11) is -3.74. The van der Waals surface area contributed by atoms with E-state index in [-0.39, 0.29) is 17.9 Å². The van der Waals surface area contributed by atoms with Crippen molar-refractivity contribution in [2.75, 3.05) is 6.26 Å². The molecule has 0 saturated carbocycles. The van der Waals surface area contributed by atoms with E-state index in [1.807, 2.05) is 18.2 Å². The Labute approximate surface area is 179 Å². The summed E-state index contributed by atoms with van der Waals surface area (Å²) in [4.78, 5) is 12.8. The van der Waals surface area contributed by atoms with Gasteiger partial charge in [0, 0.05) is 22.7 Å². The number of hydrogen-bond acceptors (Lipinski definition) is 5. The van der Waals surface area contributed by atoms with Gasteiger partial charge in [0.25, 0.3) is 15.7 Å². The van der Waals surface area contributed by atoms with Gasteiger partial charge in [0.05, 0.1) is 18.6 Å². The van der Waals surface area contributed by atoms with E-state index in [1.165, 1.54) is 16.8 Å². The standard InChI is InChI=1S/C21H20ClFN2O4S/c1-14-11-16(7-8-19(14)23)20-12-17(13-29-30(2,27)28)21(26)25(24-20)10-9-15-5-3-4-6-18(15)22/h3-8,11-12H,9-10,13H2,1-2H3. The van der Waals surface area contributed by atoms with Crippen molar-refractivity contribution in [2.24, 2.45) is 0 Å². The molecule has 2 aromatic carbocycles. The van der Waals surface area contributed by atoms with Crippen molar-refractivity contribution in [2.45, 2.75) is 26.5 Å². The second kappa shape index (κ2) is 9.07. The average molecular weight is 451 g/mol. The molecule has 1 aromatic heterocycles. The maximum absolute atomic E-state index is 13.7. The number of aromatic nitrogens is 2. The van der Waals surface area contributed by atoms with Crippen LogP contribution in [-0.2, 0) is 33.9 Å². The van der Waals surface area contributed by atoms with Crippen LogP contribution in [0.25, 0.3) is 11.3 Å². The SMILES string of the molecule is Cc1cc(-c2cc(COS(C)(=O)=O)c(=O)n(CCc3ccccc3Cl)n2)ccc1F. The lowest BCUT2D eigenvalue weighted by Crippen LogP contribution is -2.28. The van der Waals surface area contributed by atoms with Crippen LogP contribution < -0.4 is 5.56 Å². The number of aryl methyl sites for hydroxylation is 3. The van der Waals surface area contributed by atoms with Crippen LogP contribution in [0.3, 0.4) is 0 Å². The molecule has 0 radical (unpaired) electrons. The molecule has 0 spiro atoms. The highest BCUT2D eigenvalue weighted by atomic mass is 35.5. The van der Waals surface area contributed by atoms with Gasteiger partial charge in [0.1, 0.15) is 5.82 Å². The second-order valence-electron chi connectivity index (χ2n) is 6.85. The zero-order valence-electron chi connectivity index (χ0n) is 16.4. The first-order chi connectivity index (χ1) is 14.1. The maximum Gasteiger partial charge on any atom is 0.272 e. The molecular weight excluding hydrogens is 431 g/mol. The van der Waals surface area contributed by atoms with E-state index in [2.05, 4.69) is 5.10 Å². The van der Waals surface area contributed by atoms with Gasteiger partial charge in [0.2, 0.25) is 0 Å². The second-order valence-corrected chi connectivity index (χ2v) is 8.91. The molecule has 0 aliphatic rings. The van der Waals surface area contributed by atoms with Crippen molar-refractivity contribution in [3.8, 4) is 11.3 Å². The summed E-state index contributed by atoms with van der Waals surface area (Å²) in [5, 5.41) is 4.98. The molecule has 0 fully saturated rings. The van der Waals surface area contributed by atoms with Gasteiger partial charge in [-0.25, -0.2) is 9.07 Å². The topological polar surface area (TPSA) is 78.3 Å². The molecule has 0 unspecified atom stereocenters. The van der Waals surface area contributed by atoms with E-state index in [9.17, 15) is 17.6 Å². The Balaban J connectivity index is 2.01. The third-order valence-electron chi connectivity index (χ3n) is 4.48. The van der Waals surface area contributed by atoms with Gasteiger partial charge < -0.3 is 0 Å². The monoisotopic (exact) mass is 450 g/mol. The third kappa shape index (κ3) is 5.53. The average Bonchev–Trinajstić information content (AvgIpc) is 2.69. The fourth-order valence-corrected chi connectivity index (χ4v) is 3.47. The Morgan fingerprint density at radius 3 is 2.53 bits per heavy atom. The molecule has 0 bridgehead atoms. The van der Waals surface area contributed by atoms with Crippen LogP contribution in [0, 0.1) is 12.7 Å². The molecular formula is C21H20ClFN2O4S. The van der Waals surface area contributed by atoms with Crippen molar-refractivity contribution >= 4 is 21.7 Å². The predicted molar refractivity (Wildman–Crippen MR) is 113 cm³/mol. The molecule has 3 rings (SSSR count). The van der Waals surface area contributed by atoms with Gasteiger partial charge in [-0.2, -0.15) is 13.5 Å². The van der Waals surface area contributed by atoms with E-state index in [0.29, 0.717) is 28.3 Å². The molecule has 9 heteroatoms. The highest BCUT2D eigenvalue weighted by molar-refractivity contribution is 7.85. The lowest BCUT2D eigenvalue weighted by Gasteiger charge is -2.12. The van der Waals surface area contributed by atoms with Crippen LogP contribution in [0.2, 0.25) is 5.02 Å². The summed E-state index contributed by atoms with van der Waals surface area (Å²) in [6, 6.07) is 13.2. The number of nitrogens with zero attached hydrogens (tertiary/aromatic N) is 2. The van der Waals surface area contributed by atoms with E-state index in [0.717, 1.165) is 11.8 Å². The molecule has 158 valence electrons. The first-order valence-electron chi connectivity index (χ1n) is 9.09. The normalized spacial score (nSPS) is 11.6. The molecule has 1 heterocycles. The summed E-state index contributed by atoms with van der Waals surface area (Å²) in [5.74, 6) is -0.355. The Morgan fingerprint density at radius 1 is 1.13 bits per heavy atom. The summed E-state index contributed by atoms with van der Waals surface area (Å²) < 4.78 is 42.5. The summed E-state index contributed by atoms with van der Waals surface area (Å²) >= 11 is 6.19. The Hall–Kier alpha value is -2.55. The smallest absolute Gasteiger partial charge is 0.267 e. The van der Waals surface area contributed by atoms with Crippen molar-refractivity contribution in [1.29, 1.82) is 0 Å². The van der Waals surface area contributed by atoms with Gasteiger partial charge in [-0.15, -0.1) is 0 Å². The number of benzene rings is 2. The zero-order valence-corrected chi connectivity index (χ0v) is 18.0. The Bertz CT molecular complexity index is 1240. The molecule has 0 amide bonds. The summed E-state index contributed by atoms with van der Waals surface area (Å²) in [6.07, 6.45) is 1.36. The van der Waals surface area contributed by atoms with Crippen LogP contribution in [0.15, 0.2) is 53.3 Å². The van der Waals surface area contributed by atoms with Gasteiger partial charge in [-0.3, -0.25) is 8.98 Å². The van der Waals surface area contributed by atoms with Crippen LogP contribution in [0.5, 0.6) is 0 Å². The number of hydrogen-bond donors (Lipinski definition) is 0. The van der Waals surface area contributed by atoms with Crippen molar-refractivity contribution < 1.29 is 17.0 Å². The first-order valence-corrected chi connectivity index (χ1v) is 11.3. The molecule has 30 heavy (non-hydrogen) atoms. The summed E-state index contributed by atoms with van der Waals surface area (Å²) in [5.41, 5.74) is 1.95. The Kier molecular flexibility index (Phi) is 6.70. The minimum Gasteiger partial charge on any atom is -0.267 e. The van der Waals surface area contributed by atoms with Gasteiger partial charge >= 0.3 is 0 Å². The molecule has 0 aliphatic heterocycles. The molecule has 0 atom stereocenters. The van der Waals surface area contributed by atoms with E-state index < -0.39 is 22.3 Å². The molecule has 0 aliphatic carbocycles. The largest absolute Gasteiger partial charge is 0.272 e. The van der Waals surface area contributed by atoms with Gasteiger partial charge in [-0.05, 0) is 54.8 Å². The third-order valence-corrected chi connectivity index (χ3v) is 5.40. The molecule has 3 aromatic rings. The van der Waals surface area contributed by atoms with E-state index >= 15 is 0 Å². The van der Waals surface area contributed by atoms with E-state index in [4.69, 9.17) is 15.8 Å². The van der Waals surface area contributed by atoms with Gasteiger partial charge in [-0.1, -0.05) is 29.8 Å². The van der Waals surface area contributed by atoms with Crippen LogP contribution in [0.4, 0.5) is 4.39 Å². The first kappa shape index (κ1) is 22.1. The zero-order chi connectivity index (χ0) is 21.9. The van der Waals surface area contributed by atoms with Crippen molar-refractivity contribution in [3.05, 3.63) is 86.4 Å². The van der Waals surface area contributed by atoms with E-state index in [1.54, 1.807) is 25.1 Å².